The van der Waals surface area contributed by atoms with Crippen LogP contribution in [0.3, 0.4) is 0 Å². The lowest BCUT2D eigenvalue weighted by Crippen LogP contribution is -2.02. The zero-order valence-corrected chi connectivity index (χ0v) is 7.35. The van der Waals surface area contributed by atoms with Gasteiger partial charge in [-0.1, -0.05) is 6.42 Å². The molecule has 0 aromatic rings. The number of carbonyl (C=O) groups is 2. The quantitative estimate of drug-likeness (QED) is 0.538. The zero-order valence-electron chi connectivity index (χ0n) is 7.35. The van der Waals surface area contributed by atoms with Gasteiger partial charge in [0.1, 0.15) is 11.6 Å². The second-order valence-corrected chi connectivity index (χ2v) is 3.01. The Morgan fingerprint density at radius 3 is 1.64 bits per heavy atom. The van der Waals surface area contributed by atoms with Gasteiger partial charge in [-0.3, -0.25) is 4.79 Å². The average molecular weight is 156 g/mol. The molecule has 2 heteroatoms. The van der Waals surface area contributed by atoms with E-state index in [1.807, 2.05) is 0 Å². The monoisotopic (exact) mass is 156 g/mol. The largest absolute Gasteiger partial charge is 0.300 e. The first-order chi connectivity index (χ1) is 5.13. The van der Waals surface area contributed by atoms with E-state index >= 15 is 0 Å². The van der Waals surface area contributed by atoms with Gasteiger partial charge in [0.15, 0.2) is 0 Å². The summed E-state index contributed by atoms with van der Waals surface area (Å²) in [6.45, 7) is 3.06. The molecule has 0 atom stereocenters. The van der Waals surface area contributed by atoms with Gasteiger partial charge in [0, 0.05) is 12.8 Å². The van der Waals surface area contributed by atoms with Gasteiger partial charge in [-0.2, -0.15) is 0 Å². The minimum absolute atomic E-state index is 0.167. The third-order valence-electron chi connectivity index (χ3n) is 1.41. The lowest BCUT2D eigenvalue weighted by atomic mass is 10.00. The van der Waals surface area contributed by atoms with Gasteiger partial charge in [0.2, 0.25) is 0 Å². The summed E-state index contributed by atoms with van der Waals surface area (Å²) in [5, 5.41) is 0. The van der Waals surface area contributed by atoms with Crippen molar-refractivity contribution in [3.63, 3.8) is 0 Å². The molecule has 1 rings (SSSR count). The Hall–Kier alpha value is -0.660. The lowest BCUT2D eigenvalue weighted by molar-refractivity contribution is -0.120. The predicted octanol–water partition coefficient (Wildman–Crippen LogP) is 2.11. The summed E-state index contributed by atoms with van der Waals surface area (Å²) in [6, 6.07) is 0. The summed E-state index contributed by atoms with van der Waals surface area (Å²) in [6.07, 6.45) is 5.24. The van der Waals surface area contributed by atoms with Crippen LogP contribution >= 0.6 is 0 Å². The molecular formula is C9H16O2. The predicted molar refractivity (Wildman–Crippen MR) is 44.4 cm³/mol. The van der Waals surface area contributed by atoms with Crippen molar-refractivity contribution < 1.29 is 9.59 Å². The number of hydrogen-bond donors (Lipinski definition) is 0. The molecule has 2 nitrogen and oxygen atoms in total. The molecule has 0 aromatic heterocycles. The number of ketones is 2. The molecule has 0 N–H and O–H groups in total. The van der Waals surface area contributed by atoms with E-state index in [0.29, 0.717) is 5.78 Å². The van der Waals surface area contributed by atoms with Crippen molar-refractivity contribution in [2.45, 2.75) is 46.0 Å². The van der Waals surface area contributed by atoms with Gasteiger partial charge in [-0.05, 0) is 26.7 Å². The first-order valence-electron chi connectivity index (χ1n) is 4.12. The molecule has 0 aromatic carbocycles. The van der Waals surface area contributed by atoms with Gasteiger partial charge in [0.25, 0.3) is 0 Å². The molecule has 0 saturated heterocycles. The van der Waals surface area contributed by atoms with E-state index in [1.165, 1.54) is 20.3 Å². The second kappa shape index (κ2) is 6.08. The van der Waals surface area contributed by atoms with Crippen LogP contribution in [-0.4, -0.2) is 11.6 Å². The second-order valence-electron chi connectivity index (χ2n) is 3.01. The van der Waals surface area contributed by atoms with Crippen LogP contribution in [0.1, 0.15) is 46.0 Å². The van der Waals surface area contributed by atoms with Crippen molar-refractivity contribution in [2.75, 3.05) is 0 Å². The van der Waals surface area contributed by atoms with E-state index in [9.17, 15) is 9.59 Å². The summed E-state index contributed by atoms with van der Waals surface area (Å²) in [5.74, 6) is 0.631. The molecule has 0 aliphatic heterocycles. The smallest absolute Gasteiger partial charge is 0.132 e. The third-order valence-corrected chi connectivity index (χ3v) is 1.41. The molecule has 64 valence electrons. The van der Waals surface area contributed by atoms with E-state index in [4.69, 9.17) is 0 Å². The Bertz CT molecular complexity index is 126. The van der Waals surface area contributed by atoms with Crippen molar-refractivity contribution in [1.82, 2.24) is 0 Å². The van der Waals surface area contributed by atoms with E-state index in [0.717, 1.165) is 25.7 Å². The molecular weight excluding hydrogens is 140 g/mol. The van der Waals surface area contributed by atoms with Crippen LogP contribution < -0.4 is 0 Å². The van der Waals surface area contributed by atoms with Crippen molar-refractivity contribution in [3.05, 3.63) is 0 Å². The van der Waals surface area contributed by atoms with E-state index in [-0.39, 0.29) is 5.78 Å². The normalized spacial score (nSPS) is 16.7. The van der Waals surface area contributed by atoms with Crippen molar-refractivity contribution in [3.8, 4) is 0 Å². The van der Waals surface area contributed by atoms with Crippen molar-refractivity contribution in [2.24, 2.45) is 0 Å². The molecule has 1 saturated carbocycles. The fourth-order valence-corrected chi connectivity index (χ4v) is 0.946. The van der Waals surface area contributed by atoms with E-state index in [2.05, 4.69) is 0 Å². The van der Waals surface area contributed by atoms with Crippen LogP contribution in [0.2, 0.25) is 0 Å². The van der Waals surface area contributed by atoms with Gasteiger partial charge in [-0.15, -0.1) is 0 Å². The fourth-order valence-electron chi connectivity index (χ4n) is 0.946. The van der Waals surface area contributed by atoms with Gasteiger partial charge in [0.05, 0.1) is 0 Å². The summed E-state index contributed by atoms with van der Waals surface area (Å²) >= 11 is 0. The first kappa shape index (κ1) is 10.3. The SMILES string of the molecule is CC(C)=O.O=C1CCCCC1. The molecule has 1 fully saturated rings. The molecule has 0 spiro atoms. The van der Waals surface area contributed by atoms with Gasteiger partial charge < -0.3 is 4.79 Å². The minimum Gasteiger partial charge on any atom is -0.300 e. The van der Waals surface area contributed by atoms with Crippen molar-refractivity contribution in [1.29, 1.82) is 0 Å². The van der Waals surface area contributed by atoms with E-state index in [1.54, 1.807) is 0 Å². The highest BCUT2D eigenvalue weighted by atomic mass is 16.1. The fraction of sp³-hybridized carbons (Fsp3) is 0.778. The highest BCUT2D eigenvalue weighted by Gasteiger charge is 2.05. The maximum absolute atomic E-state index is 10.5. The van der Waals surface area contributed by atoms with Crippen LogP contribution in [0.25, 0.3) is 0 Å². The highest BCUT2D eigenvalue weighted by Crippen LogP contribution is 2.12. The summed E-state index contributed by atoms with van der Waals surface area (Å²) < 4.78 is 0. The molecule has 0 amide bonds. The average Bonchev–Trinajstić information content (AvgIpc) is 1.87. The van der Waals surface area contributed by atoms with Crippen LogP contribution in [0.4, 0.5) is 0 Å². The Balaban J connectivity index is 0.000000218. The van der Waals surface area contributed by atoms with Gasteiger partial charge in [-0.25, -0.2) is 0 Å². The maximum atomic E-state index is 10.5. The Labute approximate surface area is 68.0 Å². The third kappa shape index (κ3) is 9.34. The van der Waals surface area contributed by atoms with Crippen molar-refractivity contribution >= 4 is 11.6 Å². The molecule has 0 bridgehead atoms. The van der Waals surface area contributed by atoms with E-state index < -0.39 is 0 Å². The Morgan fingerprint density at radius 1 is 1.09 bits per heavy atom. The highest BCUT2D eigenvalue weighted by molar-refractivity contribution is 5.78. The van der Waals surface area contributed by atoms with Crippen LogP contribution in [0, 0.1) is 0 Å². The van der Waals surface area contributed by atoms with Crippen LogP contribution in [0.5, 0.6) is 0 Å². The minimum atomic E-state index is 0.167. The van der Waals surface area contributed by atoms with Gasteiger partial charge >= 0.3 is 0 Å². The lowest BCUT2D eigenvalue weighted by Gasteiger charge is -2.05. The zero-order chi connectivity index (χ0) is 8.69. The standard InChI is InChI=1S/C6H10O.C3H6O/c7-6-4-2-1-3-5-6;1-3(2)4/h1-5H2;1-2H3. The van der Waals surface area contributed by atoms with Crippen LogP contribution in [0.15, 0.2) is 0 Å². The topological polar surface area (TPSA) is 34.1 Å². The molecule has 1 aliphatic carbocycles. The summed E-state index contributed by atoms with van der Waals surface area (Å²) in [4.78, 5) is 19.9. The number of rotatable bonds is 0. The number of carbonyl (C=O) groups excluding carboxylic acids is 2. The number of hydrogen-bond acceptors (Lipinski definition) is 2. The number of Topliss-reactive ketones (excluding diaryl/α,β-unsaturated/α-hetero) is 2. The molecule has 0 unspecified atom stereocenters. The Kier molecular flexibility index (Phi) is 5.71. The first-order valence-corrected chi connectivity index (χ1v) is 4.12. The molecule has 11 heavy (non-hydrogen) atoms. The molecule has 0 radical (unpaired) electrons. The van der Waals surface area contributed by atoms with Crippen LogP contribution in [-0.2, 0) is 9.59 Å². The Morgan fingerprint density at radius 2 is 1.45 bits per heavy atom. The molecule has 0 heterocycles. The summed E-state index contributed by atoms with van der Waals surface area (Å²) in [5.41, 5.74) is 0. The molecule has 1 aliphatic rings. The maximum Gasteiger partial charge on any atom is 0.132 e. The summed E-state index contributed by atoms with van der Waals surface area (Å²) in [7, 11) is 0.